The van der Waals surface area contributed by atoms with Crippen LogP contribution in [-0.4, -0.2) is 16.7 Å². The van der Waals surface area contributed by atoms with E-state index in [1.165, 1.54) is 24.2 Å². The van der Waals surface area contributed by atoms with Crippen LogP contribution in [0.4, 0.5) is 0 Å². The van der Waals surface area contributed by atoms with Gasteiger partial charge >= 0.3 is 0 Å². The Hall–Kier alpha value is -2.13. The third-order valence-corrected chi connectivity index (χ3v) is 3.14. The second kappa shape index (κ2) is 5.67. The largest absolute Gasteiger partial charge is 0.495 e. The molecule has 1 heterocycles. The van der Waals surface area contributed by atoms with Crippen molar-refractivity contribution in [3.05, 3.63) is 56.7 Å². The molecular formula is C13H10BrN3O2. The molecule has 2 rings (SSSR count). The van der Waals surface area contributed by atoms with E-state index in [0.717, 1.165) is 5.56 Å². The van der Waals surface area contributed by atoms with Gasteiger partial charge in [0, 0.05) is 6.20 Å². The van der Waals surface area contributed by atoms with Crippen molar-refractivity contribution < 1.29 is 4.74 Å². The quantitative estimate of drug-likeness (QED) is 0.867. The third-order valence-electron chi connectivity index (χ3n) is 2.60. The van der Waals surface area contributed by atoms with E-state index in [4.69, 9.17) is 10.00 Å². The van der Waals surface area contributed by atoms with E-state index in [0.29, 0.717) is 22.3 Å². The summed E-state index contributed by atoms with van der Waals surface area (Å²) in [6.45, 7) is 0.351. The molecule has 96 valence electrons. The van der Waals surface area contributed by atoms with Crippen molar-refractivity contribution in [3.8, 4) is 11.8 Å². The number of aromatic nitrogens is 2. The minimum absolute atomic E-state index is 0.163. The van der Waals surface area contributed by atoms with Gasteiger partial charge in [-0.15, -0.1) is 0 Å². The number of benzene rings is 1. The molecule has 0 unspecified atom stereocenters. The van der Waals surface area contributed by atoms with Crippen molar-refractivity contribution in [1.82, 2.24) is 9.55 Å². The highest BCUT2D eigenvalue weighted by molar-refractivity contribution is 9.10. The maximum absolute atomic E-state index is 11.8. The molecule has 0 radical (unpaired) electrons. The zero-order chi connectivity index (χ0) is 13.8. The smallest absolute Gasteiger partial charge is 0.267 e. The molecule has 0 aliphatic heterocycles. The summed E-state index contributed by atoms with van der Waals surface area (Å²) in [5, 5.41) is 9.02. The maximum atomic E-state index is 11.8. The van der Waals surface area contributed by atoms with Crippen LogP contribution in [0.5, 0.6) is 5.75 Å². The predicted molar refractivity (Wildman–Crippen MR) is 73.0 cm³/mol. The Morgan fingerprint density at radius 3 is 3.00 bits per heavy atom. The fourth-order valence-electron chi connectivity index (χ4n) is 1.67. The first kappa shape index (κ1) is 13.3. The molecule has 2 aromatic rings. The van der Waals surface area contributed by atoms with Gasteiger partial charge in [0.05, 0.1) is 25.5 Å². The average molecular weight is 320 g/mol. The molecule has 1 aromatic carbocycles. The van der Waals surface area contributed by atoms with Crippen LogP contribution in [0.25, 0.3) is 0 Å². The lowest BCUT2D eigenvalue weighted by atomic mass is 10.1. The number of hydrogen-bond donors (Lipinski definition) is 0. The second-order valence-electron chi connectivity index (χ2n) is 3.82. The number of nitrogens with zero attached hydrogens (tertiary/aromatic N) is 3. The monoisotopic (exact) mass is 319 g/mol. The van der Waals surface area contributed by atoms with Gasteiger partial charge in [0.15, 0.2) is 0 Å². The summed E-state index contributed by atoms with van der Waals surface area (Å²) in [7, 11) is 1.51. The molecule has 0 aliphatic carbocycles. The molecule has 1 aromatic heterocycles. The first-order chi connectivity index (χ1) is 9.15. The molecule has 0 fully saturated rings. The molecule has 0 aliphatic rings. The van der Waals surface area contributed by atoms with E-state index in [1.54, 1.807) is 12.1 Å². The topological polar surface area (TPSA) is 67.9 Å². The first-order valence-corrected chi connectivity index (χ1v) is 6.22. The Labute approximate surface area is 118 Å². The van der Waals surface area contributed by atoms with Gasteiger partial charge in [0.1, 0.15) is 16.3 Å². The number of methoxy groups -OCH3 is 1. The molecular weight excluding hydrogens is 310 g/mol. The van der Waals surface area contributed by atoms with Crippen LogP contribution in [0.2, 0.25) is 0 Å². The molecule has 0 N–H and O–H groups in total. The summed E-state index contributed by atoms with van der Waals surface area (Å²) in [6, 6.07) is 7.29. The average Bonchev–Trinajstić information content (AvgIpc) is 2.43. The Morgan fingerprint density at radius 2 is 2.32 bits per heavy atom. The van der Waals surface area contributed by atoms with Crippen LogP contribution in [-0.2, 0) is 6.54 Å². The van der Waals surface area contributed by atoms with Gasteiger partial charge in [0.25, 0.3) is 5.56 Å². The first-order valence-electron chi connectivity index (χ1n) is 5.42. The van der Waals surface area contributed by atoms with Crippen LogP contribution in [0, 0.1) is 11.3 Å². The van der Waals surface area contributed by atoms with Crippen LogP contribution in [0.15, 0.2) is 40.0 Å². The highest BCUT2D eigenvalue weighted by Gasteiger charge is 2.06. The number of hydrogen-bond acceptors (Lipinski definition) is 4. The Kier molecular flexibility index (Phi) is 3.97. The van der Waals surface area contributed by atoms with Crippen molar-refractivity contribution in [2.45, 2.75) is 6.54 Å². The molecule has 0 saturated heterocycles. The molecule has 5 nitrogen and oxygen atoms in total. The van der Waals surface area contributed by atoms with Gasteiger partial charge in [-0.3, -0.25) is 9.36 Å². The summed E-state index contributed by atoms with van der Waals surface area (Å²) in [6.07, 6.45) is 2.91. The molecule has 6 heteroatoms. The van der Waals surface area contributed by atoms with E-state index in [2.05, 4.69) is 27.0 Å². The fraction of sp³-hybridized carbons (Fsp3) is 0.154. The summed E-state index contributed by atoms with van der Waals surface area (Å²) < 4.78 is 6.95. The Morgan fingerprint density at radius 1 is 1.53 bits per heavy atom. The van der Waals surface area contributed by atoms with Gasteiger partial charge in [-0.05, 0) is 33.6 Å². The molecule has 19 heavy (non-hydrogen) atoms. The van der Waals surface area contributed by atoms with Crippen molar-refractivity contribution in [2.24, 2.45) is 0 Å². The lowest BCUT2D eigenvalue weighted by Gasteiger charge is -2.08. The van der Waals surface area contributed by atoms with Crippen LogP contribution >= 0.6 is 15.9 Å². The molecule has 0 bridgehead atoms. The van der Waals surface area contributed by atoms with E-state index in [1.807, 2.05) is 6.07 Å². The zero-order valence-corrected chi connectivity index (χ0v) is 11.7. The molecule has 0 spiro atoms. The van der Waals surface area contributed by atoms with Crippen LogP contribution in [0.1, 0.15) is 11.1 Å². The van der Waals surface area contributed by atoms with Gasteiger partial charge in [-0.2, -0.15) is 5.26 Å². The molecule has 0 amide bonds. The Bertz CT molecular complexity index is 704. The second-order valence-corrected chi connectivity index (χ2v) is 4.68. The number of ether oxygens (including phenoxy) is 1. The number of rotatable bonds is 3. The van der Waals surface area contributed by atoms with Crippen LogP contribution in [0.3, 0.4) is 0 Å². The maximum Gasteiger partial charge on any atom is 0.267 e. The summed E-state index contributed by atoms with van der Waals surface area (Å²) in [5.74, 6) is 0.519. The van der Waals surface area contributed by atoms with Crippen molar-refractivity contribution >= 4 is 15.9 Å². The lowest BCUT2D eigenvalue weighted by molar-refractivity contribution is 0.413. The minimum atomic E-state index is -0.163. The van der Waals surface area contributed by atoms with Gasteiger partial charge < -0.3 is 4.74 Å². The zero-order valence-electron chi connectivity index (χ0n) is 10.1. The fourth-order valence-corrected chi connectivity index (χ4v) is 2.02. The van der Waals surface area contributed by atoms with Crippen molar-refractivity contribution in [3.63, 3.8) is 0 Å². The Balaban J connectivity index is 2.37. The lowest BCUT2D eigenvalue weighted by Crippen LogP contribution is -2.21. The molecule has 0 atom stereocenters. The predicted octanol–water partition coefficient (Wildman–Crippen LogP) is 1.93. The number of nitriles is 1. The third kappa shape index (κ3) is 2.83. The number of halogens is 1. The van der Waals surface area contributed by atoms with E-state index in [9.17, 15) is 4.79 Å². The normalized spacial score (nSPS) is 9.95. The standard InChI is InChI=1S/C13H10BrN3O2/c1-19-12-3-2-9(4-10(12)5-15)7-17-8-16-6-11(14)13(17)18/h2-4,6,8H,7H2,1H3. The van der Waals surface area contributed by atoms with Gasteiger partial charge in [-0.25, -0.2) is 4.98 Å². The summed E-state index contributed by atoms with van der Waals surface area (Å²) in [4.78, 5) is 15.8. The van der Waals surface area contributed by atoms with Crippen molar-refractivity contribution in [2.75, 3.05) is 7.11 Å². The van der Waals surface area contributed by atoms with Gasteiger partial charge in [0.2, 0.25) is 0 Å². The highest BCUT2D eigenvalue weighted by atomic mass is 79.9. The van der Waals surface area contributed by atoms with E-state index >= 15 is 0 Å². The highest BCUT2D eigenvalue weighted by Crippen LogP contribution is 2.19. The van der Waals surface area contributed by atoms with Crippen LogP contribution < -0.4 is 10.3 Å². The van der Waals surface area contributed by atoms with Crippen molar-refractivity contribution in [1.29, 1.82) is 5.26 Å². The minimum Gasteiger partial charge on any atom is -0.495 e. The van der Waals surface area contributed by atoms with Gasteiger partial charge in [-0.1, -0.05) is 6.07 Å². The SMILES string of the molecule is COc1ccc(Cn2cncc(Br)c2=O)cc1C#N. The van der Waals surface area contributed by atoms with E-state index in [-0.39, 0.29) is 5.56 Å². The summed E-state index contributed by atoms with van der Waals surface area (Å²) >= 11 is 3.14. The molecule has 0 saturated carbocycles. The summed E-state index contributed by atoms with van der Waals surface area (Å²) in [5.41, 5.74) is 1.11. The van der Waals surface area contributed by atoms with E-state index < -0.39 is 0 Å².